The van der Waals surface area contributed by atoms with Gasteiger partial charge in [-0.1, -0.05) is 11.6 Å². The summed E-state index contributed by atoms with van der Waals surface area (Å²) in [6.07, 6.45) is 1.40. The van der Waals surface area contributed by atoms with E-state index >= 15 is 0 Å². The highest BCUT2D eigenvalue weighted by atomic mass is 79.9. The number of benzene rings is 2. The molecule has 1 heterocycles. The van der Waals surface area contributed by atoms with Crippen molar-refractivity contribution in [2.75, 3.05) is 18.1 Å². The summed E-state index contributed by atoms with van der Waals surface area (Å²) in [6, 6.07) is 8.68. The van der Waals surface area contributed by atoms with Crippen LogP contribution in [0.2, 0.25) is 5.02 Å². The summed E-state index contributed by atoms with van der Waals surface area (Å²) in [6.45, 7) is 4.54. The van der Waals surface area contributed by atoms with Gasteiger partial charge in [-0.05, 0) is 77.8 Å². The van der Waals surface area contributed by atoms with E-state index < -0.39 is 17.8 Å². The number of carbonyl (C=O) groups excluding carboxylic acids is 3. The third-order valence-corrected chi connectivity index (χ3v) is 4.96. The maximum Gasteiger partial charge on any atom is 0.335 e. The maximum atomic E-state index is 13.0. The molecular formula is C21H18BrClN2O5. The van der Waals surface area contributed by atoms with E-state index in [1.807, 2.05) is 13.8 Å². The van der Waals surface area contributed by atoms with Gasteiger partial charge in [-0.15, -0.1) is 0 Å². The molecule has 9 heteroatoms. The Balaban J connectivity index is 2.03. The Bertz CT molecular complexity index is 1040. The number of hydrogen-bond donors (Lipinski definition) is 1. The Morgan fingerprint density at radius 2 is 1.73 bits per heavy atom. The fourth-order valence-electron chi connectivity index (χ4n) is 2.87. The Morgan fingerprint density at radius 1 is 1.07 bits per heavy atom. The zero-order chi connectivity index (χ0) is 21.8. The van der Waals surface area contributed by atoms with Crippen LogP contribution in [0, 0.1) is 0 Å². The molecule has 0 aromatic heterocycles. The van der Waals surface area contributed by atoms with Gasteiger partial charge in [0.05, 0.1) is 23.4 Å². The molecule has 1 fully saturated rings. The molecule has 30 heavy (non-hydrogen) atoms. The van der Waals surface area contributed by atoms with Crippen molar-refractivity contribution in [3.8, 4) is 11.5 Å². The van der Waals surface area contributed by atoms with Gasteiger partial charge >= 0.3 is 6.03 Å². The fraction of sp³-hybridized carbons (Fsp3) is 0.190. The number of nitrogens with zero attached hydrogens (tertiary/aromatic N) is 1. The summed E-state index contributed by atoms with van der Waals surface area (Å²) in [7, 11) is 0. The van der Waals surface area contributed by atoms with Gasteiger partial charge < -0.3 is 9.47 Å². The molecule has 0 aliphatic carbocycles. The van der Waals surface area contributed by atoms with Crippen molar-refractivity contribution in [3.63, 3.8) is 0 Å². The third kappa shape index (κ3) is 4.49. The summed E-state index contributed by atoms with van der Waals surface area (Å²) in [4.78, 5) is 38.5. The summed E-state index contributed by atoms with van der Waals surface area (Å²) >= 11 is 9.31. The largest absolute Gasteiger partial charge is 0.490 e. The zero-order valence-corrected chi connectivity index (χ0v) is 18.5. The average Bonchev–Trinajstić information content (AvgIpc) is 2.69. The normalized spacial score (nSPS) is 15.4. The van der Waals surface area contributed by atoms with Crippen LogP contribution in [-0.2, 0) is 9.59 Å². The minimum atomic E-state index is -0.827. The second kappa shape index (κ2) is 9.32. The standard InChI is InChI=1S/C21H18BrClN2O5/c1-3-29-17-11-12(10-16(22)18(17)30-4-2)9-15-19(26)24-21(28)25(20(15)27)14-7-5-13(23)6-8-14/h5-11H,3-4H2,1-2H3,(H,24,26,28)/b15-9+. The average molecular weight is 494 g/mol. The number of barbiturate groups is 1. The van der Waals surface area contributed by atoms with E-state index in [1.165, 1.54) is 18.2 Å². The number of halogens is 2. The van der Waals surface area contributed by atoms with Crippen LogP contribution in [0.25, 0.3) is 6.08 Å². The lowest BCUT2D eigenvalue weighted by atomic mass is 10.1. The van der Waals surface area contributed by atoms with Gasteiger partial charge in [-0.2, -0.15) is 0 Å². The lowest BCUT2D eigenvalue weighted by Gasteiger charge is -2.26. The number of amides is 4. The minimum absolute atomic E-state index is 0.192. The van der Waals surface area contributed by atoms with Crippen LogP contribution in [0.4, 0.5) is 10.5 Å². The van der Waals surface area contributed by atoms with Crippen LogP contribution >= 0.6 is 27.5 Å². The Morgan fingerprint density at radius 3 is 2.37 bits per heavy atom. The number of anilines is 1. The summed E-state index contributed by atoms with van der Waals surface area (Å²) in [5, 5.41) is 2.64. The predicted molar refractivity (Wildman–Crippen MR) is 117 cm³/mol. The van der Waals surface area contributed by atoms with Crippen molar-refractivity contribution in [2.24, 2.45) is 0 Å². The Labute approximate surface area is 186 Å². The minimum Gasteiger partial charge on any atom is -0.490 e. The first-order chi connectivity index (χ1) is 14.3. The summed E-state index contributed by atoms with van der Waals surface area (Å²) in [5.74, 6) is -0.527. The van der Waals surface area contributed by atoms with Gasteiger partial charge in [0.25, 0.3) is 11.8 Å². The highest BCUT2D eigenvalue weighted by Gasteiger charge is 2.36. The monoisotopic (exact) mass is 492 g/mol. The van der Waals surface area contributed by atoms with Crippen molar-refractivity contribution in [3.05, 3.63) is 57.0 Å². The lowest BCUT2D eigenvalue weighted by Crippen LogP contribution is -2.54. The first-order valence-electron chi connectivity index (χ1n) is 9.11. The van der Waals surface area contributed by atoms with Gasteiger partial charge in [0.2, 0.25) is 0 Å². The summed E-state index contributed by atoms with van der Waals surface area (Å²) < 4.78 is 11.8. The predicted octanol–water partition coefficient (Wildman–Crippen LogP) is 4.57. The number of ether oxygens (including phenoxy) is 2. The van der Waals surface area contributed by atoms with Crippen LogP contribution in [0.1, 0.15) is 19.4 Å². The van der Waals surface area contributed by atoms with Crippen molar-refractivity contribution in [2.45, 2.75) is 13.8 Å². The van der Waals surface area contributed by atoms with E-state index in [0.29, 0.717) is 45.5 Å². The number of rotatable bonds is 6. The highest BCUT2D eigenvalue weighted by molar-refractivity contribution is 9.10. The molecule has 7 nitrogen and oxygen atoms in total. The van der Waals surface area contributed by atoms with Crippen LogP contribution in [0.3, 0.4) is 0 Å². The van der Waals surface area contributed by atoms with E-state index in [0.717, 1.165) is 4.90 Å². The molecule has 4 amide bonds. The van der Waals surface area contributed by atoms with Crippen molar-refractivity contribution in [1.82, 2.24) is 5.32 Å². The van der Waals surface area contributed by atoms with Gasteiger partial charge in [-0.3, -0.25) is 14.9 Å². The Hall–Kier alpha value is -2.84. The van der Waals surface area contributed by atoms with Crippen molar-refractivity contribution < 1.29 is 23.9 Å². The van der Waals surface area contributed by atoms with Gasteiger partial charge in [0, 0.05) is 5.02 Å². The van der Waals surface area contributed by atoms with Gasteiger partial charge in [-0.25, -0.2) is 9.69 Å². The van der Waals surface area contributed by atoms with Crippen LogP contribution < -0.4 is 19.7 Å². The maximum absolute atomic E-state index is 13.0. The molecular weight excluding hydrogens is 476 g/mol. The Kier molecular flexibility index (Phi) is 6.79. The second-order valence-electron chi connectivity index (χ2n) is 6.13. The molecule has 0 bridgehead atoms. The SMILES string of the molecule is CCOc1cc(/C=C2\C(=O)NC(=O)N(c3ccc(Cl)cc3)C2=O)cc(Br)c1OCC. The molecule has 0 spiro atoms. The third-order valence-electron chi connectivity index (χ3n) is 4.12. The molecule has 1 aliphatic rings. The first-order valence-corrected chi connectivity index (χ1v) is 10.3. The molecule has 2 aromatic carbocycles. The number of hydrogen-bond acceptors (Lipinski definition) is 5. The number of nitrogens with one attached hydrogen (secondary N) is 1. The number of imide groups is 2. The fourth-order valence-corrected chi connectivity index (χ4v) is 3.57. The first kappa shape index (κ1) is 21.9. The number of urea groups is 1. The summed E-state index contributed by atoms with van der Waals surface area (Å²) in [5.41, 5.74) is 0.629. The van der Waals surface area contributed by atoms with E-state index in [4.69, 9.17) is 21.1 Å². The lowest BCUT2D eigenvalue weighted by molar-refractivity contribution is -0.122. The van der Waals surface area contributed by atoms with E-state index in [-0.39, 0.29) is 5.57 Å². The quantitative estimate of drug-likeness (QED) is 0.471. The van der Waals surface area contributed by atoms with E-state index in [2.05, 4.69) is 21.2 Å². The molecule has 156 valence electrons. The molecule has 1 N–H and O–H groups in total. The molecule has 1 saturated heterocycles. The van der Waals surface area contributed by atoms with Gasteiger partial charge in [0.1, 0.15) is 5.57 Å². The van der Waals surface area contributed by atoms with Crippen LogP contribution in [0.5, 0.6) is 11.5 Å². The smallest absolute Gasteiger partial charge is 0.335 e. The van der Waals surface area contributed by atoms with Crippen LogP contribution in [-0.4, -0.2) is 31.1 Å². The van der Waals surface area contributed by atoms with E-state index in [1.54, 1.807) is 24.3 Å². The van der Waals surface area contributed by atoms with Gasteiger partial charge in [0.15, 0.2) is 11.5 Å². The van der Waals surface area contributed by atoms with E-state index in [9.17, 15) is 14.4 Å². The van der Waals surface area contributed by atoms with Crippen molar-refractivity contribution in [1.29, 1.82) is 0 Å². The molecule has 2 aromatic rings. The molecule has 0 unspecified atom stereocenters. The highest BCUT2D eigenvalue weighted by Crippen LogP contribution is 2.37. The molecule has 1 aliphatic heterocycles. The molecule has 0 saturated carbocycles. The molecule has 0 atom stereocenters. The van der Waals surface area contributed by atoms with Crippen molar-refractivity contribution >= 4 is 57.1 Å². The molecule has 0 radical (unpaired) electrons. The zero-order valence-electron chi connectivity index (χ0n) is 16.2. The topological polar surface area (TPSA) is 84.9 Å². The number of carbonyl (C=O) groups is 3. The van der Waals surface area contributed by atoms with Crippen LogP contribution in [0.15, 0.2) is 46.4 Å². The second-order valence-corrected chi connectivity index (χ2v) is 7.42. The molecule has 3 rings (SSSR count).